The fourth-order valence-electron chi connectivity index (χ4n) is 3.57. The summed E-state index contributed by atoms with van der Waals surface area (Å²) in [5.74, 6) is -1.41. The normalized spacial score (nSPS) is 11.5. The number of amides is 2. The Labute approximate surface area is 412 Å². The van der Waals surface area contributed by atoms with Crippen LogP contribution in [0, 0.1) is 38.6 Å². The van der Waals surface area contributed by atoms with Crippen LogP contribution in [0.1, 0.15) is 26.4 Å². The van der Waals surface area contributed by atoms with Crippen molar-refractivity contribution in [2.45, 2.75) is 38.9 Å². The molecule has 0 unspecified atom stereocenters. The van der Waals surface area contributed by atoms with Crippen molar-refractivity contribution in [3.05, 3.63) is 131 Å². The van der Waals surface area contributed by atoms with Gasteiger partial charge in [0.25, 0.3) is 18.3 Å². The Morgan fingerprint density at radius 2 is 1.20 bits per heavy atom. The first-order valence-electron chi connectivity index (χ1n) is 15.1. The van der Waals surface area contributed by atoms with Gasteiger partial charge >= 0.3 is 103 Å². The molecule has 2 amide bonds. The molecule has 0 bridgehead atoms. The first kappa shape index (κ1) is 54.5. The van der Waals surface area contributed by atoms with E-state index in [-0.39, 0.29) is 134 Å². The largest absolute Gasteiger partial charge is 1.00 e. The standard InChI is InChI=1S/C18H17FN2O3.C12H13BrN2O2.C6H5FO.CH2O3.2K.H/c1-12-10-14(6-9-16(12)20-3)21-17(22)18(2,23)11-24-15-7-4-13(19)5-8-15;1-8-6-9(4-5-10(8)14-3)15-11(16)12(2,17)7-13;7-5-1-3-6(8)4-2-5;2-1-4-3;;;/h4-10,23H,11H2,1-2H3,(H,21,22);4-6,17H,7H2,1-2H3,(H,15,16);1-4,8H;1,3H;;;/q;;;;2*+1;-1/p-1/t18-;12-;;;;;/m00...../s1. The minimum Gasteiger partial charge on any atom is -1.00 e. The third kappa shape index (κ3) is 20.9. The number of aromatic hydroxyl groups is 1. The van der Waals surface area contributed by atoms with E-state index in [4.69, 9.17) is 33.0 Å². The number of halogens is 3. The average Bonchev–Trinajstić information content (AvgIpc) is 3.13. The minimum atomic E-state index is -1.78. The molecule has 0 saturated heterocycles. The van der Waals surface area contributed by atoms with Crippen LogP contribution < -0.4 is 123 Å². The van der Waals surface area contributed by atoms with Gasteiger partial charge in [-0.25, -0.2) is 18.5 Å². The molecule has 4 aromatic carbocycles. The smallest absolute Gasteiger partial charge is 1.00 e. The van der Waals surface area contributed by atoms with E-state index in [1.54, 1.807) is 50.2 Å². The van der Waals surface area contributed by atoms with Crippen molar-refractivity contribution in [2.24, 2.45) is 0 Å². The summed E-state index contributed by atoms with van der Waals surface area (Å²) < 4.78 is 30.1. The summed E-state index contributed by atoms with van der Waals surface area (Å²) in [7, 11) is 0. The number of phenols is 1. The van der Waals surface area contributed by atoms with E-state index in [0.29, 0.717) is 28.5 Å². The molecule has 2 atom stereocenters. The van der Waals surface area contributed by atoms with Crippen LogP contribution in [0.25, 0.3) is 9.69 Å². The predicted molar refractivity (Wildman–Crippen MR) is 195 cm³/mol. The Morgan fingerprint density at radius 3 is 1.53 bits per heavy atom. The number of carbonyl (C=O) groups is 3. The zero-order valence-electron chi connectivity index (χ0n) is 31.9. The van der Waals surface area contributed by atoms with Gasteiger partial charge in [-0.3, -0.25) is 14.4 Å². The SMILES string of the molecule is O=CO[O-].Oc1ccc(F)cc1.[C-]#[N+]c1ccc(NC(=O)[C@@](C)(O)CBr)cc1C.[C-]#[N+]c1ccc(NC(=O)[C@@](C)(O)COc2ccc(F)cc2)cc1C.[H-].[K+].[K+]. The number of alkyl halides is 1. The van der Waals surface area contributed by atoms with Crippen LogP contribution in [-0.2, 0) is 19.3 Å². The summed E-state index contributed by atoms with van der Waals surface area (Å²) in [4.78, 5) is 41.8. The molecule has 55 heavy (non-hydrogen) atoms. The van der Waals surface area contributed by atoms with Crippen LogP contribution in [0.5, 0.6) is 11.5 Å². The van der Waals surface area contributed by atoms with Gasteiger partial charge in [0.1, 0.15) is 35.3 Å². The summed E-state index contributed by atoms with van der Waals surface area (Å²) in [6.45, 7) is 19.8. The molecule has 0 aliphatic carbocycles. The second-order valence-electron chi connectivity index (χ2n) is 11.2. The number of benzene rings is 4. The van der Waals surface area contributed by atoms with Crippen molar-refractivity contribution < 1.29 is 158 Å². The van der Waals surface area contributed by atoms with E-state index in [0.717, 1.165) is 11.1 Å². The molecule has 0 heterocycles. The Morgan fingerprint density at radius 1 is 0.818 bits per heavy atom. The fraction of sp³-hybridized carbons (Fsp3) is 0.216. The number of nitrogens with zero attached hydrogens (tertiary/aromatic N) is 2. The molecule has 0 spiro atoms. The van der Waals surface area contributed by atoms with E-state index in [1.807, 2.05) is 0 Å². The van der Waals surface area contributed by atoms with Gasteiger partial charge in [0.2, 0.25) is 0 Å². The molecular formula is C37H37BrF2K2N4O9. The van der Waals surface area contributed by atoms with Crippen molar-refractivity contribution in [3.8, 4) is 11.5 Å². The molecular weight excluding hydrogens is 841 g/mol. The number of carbonyl (C=O) groups excluding carboxylic acids is 3. The maximum Gasteiger partial charge on any atom is 1.00 e. The summed E-state index contributed by atoms with van der Waals surface area (Å²) in [6, 6.07) is 20.1. The van der Waals surface area contributed by atoms with E-state index in [1.165, 1.54) is 62.4 Å². The van der Waals surface area contributed by atoms with E-state index in [2.05, 4.69) is 41.1 Å². The van der Waals surface area contributed by atoms with Gasteiger partial charge in [0.15, 0.2) is 17.0 Å². The second kappa shape index (κ2) is 27.9. The number of hydrogen-bond donors (Lipinski definition) is 5. The Hall–Kier alpha value is -2.64. The number of rotatable bonds is 9. The molecule has 0 aliphatic rings. The molecule has 0 radical (unpaired) electrons. The number of hydrogen-bond acceptors (Lipinski definition) is 9. The molecule has 4 rings (SSSR count). The Kier molecular flexibility index (Phi) is 27.6. The molecule has 0 fully saturated rings. The second-order valence-corrected chi connectivity index (χ2v) is 11.8. The number of aryl methyl sites for hydroxylation is 2. The number of ether oxygens (including phenoxy) is 1. The number of nitrogens with one attached hydrogen (secondary N) is 2. The summed E-state index contributed by atoms with van der Waals surface area (Å²) in [5.41, 5.74) is 0.386. The molecule has 0 saturated carbocycles. The first-order valence-corrected chi connectivity index (χ1v) is 16.2. The number of aliphatic hydroxyl groups is 2. The zero-order valence-corrected chi connectivity index (χ0v) is 38.7. The van der Waals surface area contributed by atoms with Gasteiger partial charge < -0.3 is 42.3 Å². The number of phenolic OH excluding ortho intramolecular Hbond substituents is 1. The molecule has 282 valence electrons. The first-order chi connectivity index (χ1) is 24.9. The van der Waals surface area contributed by atoms with Crippen molar-refractivity contribution in [3.63, 3.8) is 0 Å². The van der Waals surface area contributed by atoms with Crippen molar-refractivity contribution in [1.82, 2.24) is 0 Å². The van der Waals surface area contributed by atoms with Crippen molar-refractivity contribution in [2.75, 3.05) is 22.6 Å². The van der Waals surface area contributed by atoms with Crippen LogP contribution in [0.2, 0.25) is 0 Å². The van der Waals surface area contributed by atoms with Gasteiger partial charge in [-0.1, -0.05) is 28.1 Å². The van der Waals surface area contributed by atoms with Crippen LogP contribution in [0.3, 0.4) is 0 Å². The van der Waals surface area contributed by atoms with Gasteiger partial charge in [0.05, 0.1) is 13.1 Å². The van der Waals surface area contributed by atoms with Crippen molar-refractivity contribution >= 4 is 57.0 Å². The van der Waals surface area contributed by atoms with Crippen LogP contribution in [0.15, 0.2) is 84.9 Å². The fourth-order valence-corrected chi connectivity index (χ4v) is 3.83. The summed E-state index contributed by atoms with van der Waals surface area (Å²) in [5, 5.41) is 42.4. The van der Waals surface area contributed by atoms with Gasteiger partial charge in [0, 0.05) is 16.7 Å². The maximum absolute atomic E-state index is 12.8. The Bertz CT molecular complexity index is 1890. The van der Waals surface area contributed by atoms with Gasteiger partial charge in [-0.15, -0.1) is 0 Å². The third-order valence-electron chi connectivity index (χ3n) is 6.59. The van der Waals surface area contributed by atoms with E-state index >= 15 is 0 Å². The van der Waals surface area contributed by atoms with Crippen LogP contribution >= 0.6 is 15.9 Å². The summed E-state index contributed by atoms with van der Waals surface area (Å²) in [6.07, 6.45) is 0. The quantitative estimate of drug-likeness (QED) is 0.0391. The molecule has 0 aliphatic heterocycles. The van der Waals surface area contributed by atoms with Crippen LogP contribution in [-0.4, -0.2) is 56.7 Å². The third-order valence-corrected chi connectivity index (χ3v) is 7.68. The minimum absolute atomic E-state index is 0. The van der Waals surface area contributed by atoms with Crippen molar-refractivity contribution in [1.29, 1.82) is 0 Å². The van der Waals surface area contributed by atoms with Gasteiger partial charge in [-0.05, 0) is 112 Å². The maximum atomic E-state index is 12.8. The zero-order chi connectivity index (χ0) is 40.2. The van der Waals surface area contributed by atoms with Crippen LogP contribution in [0.4, 0.5) is 31.5 Å². The monoisotopic (exact) mass is 876 g/mol. The molecule has 18 heteroatoms. The summed E-state index contributed by atoms with van der Waals surface area (Å²) >= 11 is 3.07. The molecule has 13 nitrogen and oxygen atoms in total. The van der Waals surface area contributed by atoms with E-state index in [9.17, 15) is 28.6 Å². The predicted octanol–water partition coefficient (Wildman–Crippen LogP) is 0.170. The Balaban J connectivity index is -0.000000764. The topological polar surface area (TPSA) is 186 Å². The number of anilines is 2. The molecule has 0 aromatic heterocycles. The molecule has 5 N–H and O–H groups in total. The van der Waals surface area contributed by atoms with E-state index < -0.39 is 28.8 Å². The molecule has 4 aromatic rings. The van der Waals surface area contributed by atoms with Gasteiger partial charge in [-0.2, -0.15) is 0 Å². The average molecular weight is 878 g/mol.